The zero-order chi connectivity index (χ0) is 28.5. The van der Waals surface area contributed by atoms with Crippen molar-refractivity contribution in [3.8, 4) is 5.75 Å². The number of benzene rings is 3. The average molecular weight is 634 g/mol. The summed E-state index contributed by atoms with van der Waals surface area (Å²) >= 11 is 16.6. The summed E-state index contributed by atoms with van der Waals surface area (Å²) in [7, 11) is 0. The molecule has 2 amide bonds. The van der Waals surface area contributed by atoms with Crippen LogP contribution in [-0.4, -0.2) is 35.9 Å². The van der Waals surface area contributed by atoms with Crippen molar-refractivity contribution < 1.29 is 14.3 Å². The van der Waals surface area contributed by atoms with Crippen molar-refractivity contribution in [2.45, 2.75) is 52.6 Å². The van der Waals surface area contributed by atoms with Crippen LogP contribution in [-0.2, 0) is 22.6 Å². The Bertz CT molecular complexity index is 1250. The van der Waals surface area contributed by atoms with Gasteiger partial charge in [0.05, 0.1) is 4.47 Å². The summed E-state index contributed by atoms with van der Waals surface area (Å²) in [5.74, 6) is 0.560. The predicted octanol–water partition coefficient (Wildman–Crippen LogP) is 7.67. The van der Waals surface area contributed by atoms with Gasteiger partial charge in [0.2, 0.25) is 5.91 Å². The third-order valence-corrected chi connectivity index (χ3v) is 7.65. The molecule has 5 nitrogen and oxygen atoms in total. The topological polar surface area (TPSA) is 58.6 Å². The molecule has 1 atom stereocenters. The molecule has 3 aromatic rings. The van der Waals surface area contributed by atoms with Crippen LogP contribution in [0.5, 0.6) is 5.75 Å². The number of carbonyl (C=O) groups excluding carboxylic acids is 2. The van der Waals surface area contributed by atoms with Gasteiger partial charge in [-0.3, -0.25) is 9.59 Å². The van der Waals surface area contributed by atoms with Gasteiger partial charge < -0.3 is 15.0 Å². The molecule has 3 aromatic carbocycles. The van der Waals surface area contributed by atoms with Gasteiger partial charge in [-0.25, -0.2) is 0 Å². The van der Waals surface area contributed by atoms with E-state index in [4.69, 9.17) is 27.9 Å². The molecule has 0 bridgehead atoms. The average Bonchev–Trinajstić information content (AvgIpc) is 2.90. The molecule has 1 unspecified atom stereocenters. The van der Waals surface area contributed by atoms with E-state index >= 15 is 0 Å². The van der Waals surface area contributed by atoms with Gasteiger partial charge >= 0.3 is 0 Å². The van der Waals surface area contributed by atoms with Crippen LogP contribution >= 0.6 is 39.1 Å². The van der Waals surface area contributed by atoms with Crippen LogP contribution in [0.15, 0.2) is 71.2 Å². The molecule has 0 aromatic heterocycles. The van der Waals surface area contributed by atoms with Crippen LogP contribution in [0, 0.1) is 5.92 Å². The molecular weight excluding hydrogens is 599 g/mol. The number of rotatable bonds is 12. The summed E-state index contributed by atoms with van der Waals surface area (Å²) in [6.45, 7) is 8.56. The van der Waals surface area contributed by atoms with Gasteiger partial charge in [0, 0.05) is 35.1 Å². The first-order valence-corrected chi connectivity index (χ1v) is 14.6. The van der Waals surface area contributed by atoms with Crippen molar-refractivity contribution in [2.75, 3.05) is 13.2 Å². The van der Waals surface area contributed by atoms with E-state index in [-0.39, 0.29) is 30.9 Å². The summed E-state index contributed by atoms with van der Waals surface area (Å²) in [4.78, 5) is 28.9. The van der Waals surface area contributed by atoms with Crippen LogP contribution in [0.1, 0.15) is 50.3 Å². The van der Waals surface area contributed by atoms with Gasteiger partial charge in [0.25, 0.3) is 5.91 Å². The number of nitrogens with one attached hydrogen (secondary N) is 1. The van der Waals surface area contributed by atoms with Gasteiger partial charge in [-0.15, -0.1) is 0 Å². The van der Waals surface area contributed by atoms with E-state index in [1.165, 1.54) is 4.90 Å². The Morgan fingerprint density at radius 1 is 0.949 bits per heavy atom. The number of hydrogen-bond acceptors (Lipinski definition) is 3. The highest BCUT2D eigenvalue weighted by Crippen LogP contribution is 2.30. The van der Waals surface area contributed by atoms with Crippen molar-refractivity contribution in [1.82, 2.24) is 10.2 Å². The quantitative estimate of drug-likeness (QED) is 0.223. The minimum absolute atomic E-state index is 0.0563. The van der Waals surface area contributed by atoms with E-state index < -0.39 is 6.04 Å². The van der Waals surface area contributed by atoms with E-state index in [9.17, 15) is 9.59 Å². The van der Waals surface area contributed by atoms with Gasteiger partial charge in [0.1, 0.15) is 11.8 Å². The summed E-state index contributed by atoms with van der Waals surface area (Å²) in [5, 5.41) is 3.86. The van der Waals surface area contributed by atoms with E-state index in [0.29, 0.717) is 40.2 Å². The monoisotopic (exact) mass is 632 g/mol. The Balaban J connectivity index is 1.95. The molecule has 0 spiro atoms. The number of carbonyl (C=O) groups is 2. The molecule has 8 heteroatoms. The van der Waals surface area contributed by atoms with Crippen LogP contribution in [0.25, 0.3) is 0 Å². The lowest BCUT2D eigenvalue weighted by Crippen LogP contribution is -2.52. The lowest BCUT2D eigenvalue weighted by molar-refractivity contribution is -0.142. The largest absolute Gasteiger partial charge is 0.483 e. The standard InChI is InChI=1S/C31H35BrCl2N2O3/c1-20(2)17-35-31(38)28(15-22-9-6-5-7-10-22)36(18-24-26(33)11-8-12-27(24)34)30(37)19-39-29-14-13-23(21(3)4)16-25(29)32/h5-14,16,20-21,28H,15,17-19H2,1-4H3,(H,35,38). The Kier molecular flexibility index (Phi) is 11.7. The Morgan fingerprint density at radius 2 is 1.62 bits per heavy atom. The summed E-state index contributed by atoms with van der Waals surface area (Å²) < 4.78 is 6.72. The maximum atomic E-state index is 13.8. The second-order valence-corrected chi connectivity index (χ2v) is 11.9. The zero-order valence-corrected chi connectivity index (χ0v) is 25.8. The number of hydrogen-bond donors (Lipinski definition) is 1. The van der Waals surface area contributed by atoms with E-state index in [2.05, 4.69) is 35.1 Å². The maximum Gasteiger partial charge on any atom is 0.261 e. The zero-order valence-electron chi connectivity index (χ0n) is 22.7. The number of nitrogens with zero attached hydrogens (tertiary/aromatic N) is 1. The first-order valence-electron chi connectivity index (χ1n) is 13.0. The highest BCUT2D eigenvalue weighted by atomic mass is 79.9. The molecule has 39 heavy (non-hydrogen) atoms. The van der Waals surface area contributed by atoms with Crippen molar-refractivity contribution in [3.05, 3.63) is 97.9 Å². The molecular formula is C31H35BrCl2N2O3. The highest BCUT2D eigenvalue weighted by Gasteiger charge is 2.31. The molecule has 0 aliphatic rings. The SMILES string of the molecule is CC(C)CNC(=O)C(Cc1ccccc1)N(Cc1c(Cl)cccc1Cl)C(=O)COc1ccc(C(C)C)cc1Br. The molecule has 0 saturated heterocycles. The number of ether oxygens (including phenoxy) is 1. The molecule has 0 fully saturated rings. The number of amides is 2. The molecule has 0 aliphatic heterocycles. The van der Waals surface area contributed by atoms with E-state index in [1.54, 1.807) is 18.2 Å². The molecule has 208 valence electrons. The Morgan fingerprint density at radius 3 is 2.21 bits per heavy atom. The minimum Gasteiger partial charge on any atom is -0.483 e. The minimum atomic E-state index is -0.804. The van der Waals surface area contributed by atoms with Crippen LogP contribution in [0.2, 0.25) is 10.0 Å². The molecule has 3 rings (SSSR count). The molecule has 0 radical (unpaired) electrons. The first-order chi connectivity index (χ1) is 18.6. The summed E-state index contributed by atoms with van der Waals surface area (Å²) in [6, 6.07) is 19.8. The molecule has 0 aliphatic carbocycles. The second kappa shape index (κ2) is 14.7. The van der Waals surface area contributed by atoms with Crippen molar-refractivity contribution >= 4 is 50.9 Å². The second-order valence-electron chi connectivity index (χ2n) is 10.2. The van der Waals surface area contributed by atoms with Gasteiger partial charge in [-0.1, -0.05) is 93.4 Å². The van der Waals surface area contributed by atoms with E-state index in [1.807, 2.05) is 62.4 Å². The molecule has 0 heterocycles. The fraction of sp³-hybridized carbons (Fsp3) is 0.355. The Hall–Kier alpha value is -2.54. The number of halogens is 3. The first kappa shape index (κ1) is 31.0. The summed E-state index contributed by atoms with van der Waals surface area (Å²) in [6.07, 6.45) is 0.325. The normalized spacial score (nSPS) is 11.9. The summed E-state index contributed by atoms with van der Waals surface area (Å²) in [5.41, 5.74) is 2.66. The van der Waals surface area contributed by atoms with E-state index in [0.717, 1.165) is 15.6 Å². The van der Waals surface area contributed by atoms with Crippen molar-refractivity contribution in [2.24, 2.45) is 5.92 Å². The third kappa shape index (κ3) is 8.99. The van der Waals surface area contributed by atoms with Crippen molar-refractivity contribution in [3.63, 3.8) is 0 Å². The van der Waals surface area contributed by atoms with Gasteiger partial charge in [-0.05, 0) is 63.2 Å². The third-order valence-electron chi connectivity index (χ3n) is 6.32. The lowest BCUT2D eigenvalue weighted by Gasteiger charge is -2.32. The fourth-order valence-electron chi connectivity index (χ4n) is 4.05. The highest BCUT2D eigenvalue weighted by molar-refractivity contribution is 9.10. The fourth-order valence-corrected chi connectivity index (χ4v) is 5.07. The maximum absolute atomic E-state index is 13.8. The van der Waals surface area contributed by atoms with Gasteiger partial charge in [-0.2, -0.15) is 0 Å². The molecule has 0 saturated carbocycles. The van der Waals surface area contributed by atoms with Crippen LogP contribution < -0.4 is 10.1 Å². The van der Waals surface area contributed by atoms with Gasteiger partial charge in [0.15, 0.2) is 6.61 Å². The smallest absolute Gasteiger partial charge is 0.261 e. The predicted molar refractivity (Wildman–Crippen MR) is 163 cm³/mol. The molecule has 1 N–H and O–H groups in total. The van der Waals surface area contributed by atoms with Crippen molar-refractivity contribution in [1.29, 1.82) is 0 Å². The van der Waals surface area contributed by atoms with Crippen LogP contribution in [0.4, 0.5) is 0 Å². The van der Waals surface area contributed by atoms with Crippen LogP contribution in [0.3, 0.4) is 0 Å². The Labute approximate surface area is 250 Å². The lowest BCUT2D eigenvalue weighted by atomic mass is 10.0.